The van der Waals surface area contributed by atoms with E-state index >= 15 is 0 Å². The van der Waals surface area contributed by atoms with E-state index in [-0.39, 0.29) is 5.54 Å². The van der Waals surface area contributed by atoms with Gasteiger partial charge in [-0.05, 0) is 49.7 Å². The van der Waals surface area contributed by atoms with Crippen LogP contribution in [0.2, 0.25) is 0 Å². The molecule has 2 nitrogen and oxygen atoms in total. The van der Waals surface area contributed by atoms with Crippen molar-refractivity contribution in [2.45, 2.75) is 71.8 Å². The maximum atomic E-state index is 5.30. The molecular formula is C25H32Br2N2Ni. The minimum atomic E-state index is 0.00330. The Kier molecular flexibility index (Phi) is 9.98. The Bertz CT molecular complexity index is 861. The van der Waals surface area contributed by atoms with Crippen molar-refractivity contribution in [2.24, 2.45) is 9.98 Å². The van der Waals surface area contributed by atoms with E-state index in [0.29, 0.717) is 11.8 Å². The molecule has 2 aromatic carbocycles. The second-order valence-corrected chi connectivity index (χ2v) is 13.8. The molecule has 0 fully saturated rings. The van der Waals surface area contributed by atoms with Crippen LogP contribution >= 0.6 is 28.5 Å². The monoisotopic (exact) mass is 576 g/mol. The molecule has 166 valence electrons. The van der Waals surface area contributed by atoms with Gasteiger partial charge in [-0.3, -0.25) is 4.99 Å². The second-order valence-electron chi connectivity index (χ2n) is 8.84. The van der Waals surface area contributed by atoms with E-state index in [1.54, 1.807) is 0 Å². The molecule has 1 heterocycles. The normalized spacial score (nSPS) is 15.9. The number of para-hydroxylation sites is 1. The quantitative estimate of drug-likeness (QED) is 0.250. The van der Waals surface area contributed by atoms with Gasteiger partial charge in [-0.15, -0.1) is 0 Å². The van der Waals surface area contributed by atoms with E-state index in [4.69, 9.17) is 9.98 Å². The van der Waals surface area contributed by atoms with Gasteiger partial charge in [-0.2, -0.15) is 0 Å². The molecule has 0 unspecified atom stereocenters. The van der Waals surface area contributed by atoms with Crippen molar-refractivity contribution in [3.8, 4) is 0 Å². The van der Waals surface area contributed by atoms with Crippen molar-refractivity contribution < 1.29 is 10.9 Å². The number of nitrogens with zero attached hydrogens (tertiary/aromatic N) is 2. The zero-order chi connectivity index (χ0) is 22.3. The summed E-state index contributed by atoms with van der Waals surface area (Å²) in [5, 5.41) is 0. The third-order valence-corrected chi connectivity index (χ3v) is 5.30. The number of benzene rings is 2. The number of rotatable bonds is 5. The Balaban J connectivity index is 0.00000101. The third kappa shape index (κ3) is 6.87. The molecule has 1 aliphatic rings. The van der Waals surface area contributed by atoms with Gasteiger partial charge in [0.1, 0.15) is 0 Å². The minimum absolute atomic E-state index is 0.00330. The molecule has 0 spiro atoms. The molecule has 0 saturated heterocycles. The number of aliphatic imine (C=N–C) groups is 2. The van der Waals surface area contributed by atoms with Crippen LogP contribution in [0.1, 0.15) is 82.9 Å². The summed E-state index contributed by atoms with van der Waals surface area (Å²) >= 11 is 6.00. The fourth-order valence-electron chi connectivity index (χ4n) is 3.72. The summed E-state index contributed by atoms with van der Waals surface area (Å²) in [5.74, 6) is 0.864. The molecule has 5 heteroatoms. The molecule has 0 aliphatic carbocycles. The zero-order valence-corrected chi connectivity index (χ0v) is 22.8. The van der Waals surface area contributed by atoms with Crippen LogP contribution in [0, 0.1) is 0 Å². The Labute approximate surface area is 202 Å². The molecule has 0 N–H and O–H groups in total. The second kappa shape index (κ2) is 11.7. The molecule has 3 rings (SSSR count). The summed E-state index contributed by atoms with van der Waals surface area (Å²) in [6.07, 6.45) is 2.07. The molecule has 1 aliphatic heterocycles. The first-order chi connectivity index (χ1) is 14.2. The SMILES string of the molecule is CC(C)c1cccc(C(C)C)c1N=C(C1=NC(C)(C)CC1)c1ccccc1.[Br][Ni][Br]. The van der Waals surface area contributed by atoms with Gasteiger partial charge in [-0.25, -0.2) is 4.99 Å². The molecule has 0 bridgehead atoms. The fraction of sp³-hybridized carbons (Fsp3) is 0.440. The predicted octanol–water partition coefficient (Wildman–Crippen LogP) is 8.76. The molecule has 0 aromatic heterocycles. The Morgan fingerprint density at radius 1 is 0.933 bits per heavy atom. The first kappa shape index (κ1) is 25.5. The van der Waals surface area contributed by atoms with E-state index in [1.165, 1.54) is 22.0 Å². The molecule has 2 aromatic rings. The Morgan fingerprint density at radius 3 is 1.90 bits per heavy atom. The molecule has 0 radical (unpaired) electrons. The van der Waals surface area contributed by atoms with Crippen LogP contribution in [0.25, 0.3) is 0 Å². The van der Waals surface area contributed by atoms with Crippen LogP contribution < -0.4 is 0 Å². The maximum absolute atomic E-state index is 5.30. The summed E-state index contributed by atoms with van der Waals surface area (Å²) in [6.45, 7) is 13.4. The molecule has 0 saturated carbocycles. The van der Waals surface area contributed by atoms with Gasteiger partial charge in [0.2, 0.25) is 0 Å². The number of halogens is 2. The average molecular weight is 579 g/mol. The summed E-state index contributed by atoms with van der Waals surface area (Å²) in [6, 6.07) is 17.1. The van der Waals surface area contributed by atoms with E-state index < -0.39 is 0 Å². The van der Waals surface area contributed by atoms with E-state index in [9.17, 15) is 0 Å². The van der Waals surface area contributed by atoms with Gasteiger partial charge >= 0.3 is 39.3 Å². The standard InChI is InChI=1S/C25H32N2.2BrH.Ni/c1-17(2)20-13-10-14-21(18(3)4)24(20)26-23(19-11-8-7-9-12-19)22-15-16-25(5,6)27-22;;;/h7-14,17-18H,15-16H2,1-6H3;2*1H;/q;;;+2/p-2. The van der Waals surface area contributed by atoms with Crippen molar-refractivity contribution in [2.75, 3.05) is 0 Å². The van der Waals surface area contributed by atoms with Crippen LogP contribution in [0.5, 0.6) is 0 Å². The van der Waals surface area contributed by atoms with Gasteiger partial charge in [-0.1, -0.05) is 76.2 Å². The number of hydrogen-bond donors (Lipinski definition) is 0. The van der Waals surface area contributed by atoms with E-state index in [1.807, 2.05) is 0 Å². The molecular weight excluding hydrogens is 547 g/mol. The van der Waals surface area contributed by atoms with Crippen molar-refractivity contribution in [3.05, 3.63) is 65.2 Å². The fourth-order valence-corrected chi connectivity index (χ4v) is 3.72. The van der Waals surface area contributed by atoms with E-state index in [0.717, 1.165) is 35.5 Å². The van der Waals surface area contributed by atoms with Crippen LogP contribution in [0.3, 0.4) is 0 Å². The van der Waals surface area contributed by atoms with Gasteiger partial charge in [0.15, 0.2) is 0 Å². The van der Waals surface area contributed by atoms with Crippen LogP contribution in [0.4, 0.5) is 5.69 Å². The first-order valence-electron chi connectivity index (χ1n) is 10.4. The van der Waals surface area contributed by atoms with Crippen molar-refractivity contribution in [1.29, 1.82) is 0 Å². The number of hydrogen-bond acceptors (Lipinski definition) is 2. The predicted molar refractivity (Wildman–Crippen MR) is 136 cm³/mol. The summed E-state index contributed by atoms with van der Waals surface area (Å²) in [7, 11) is 1.25. The first-order valence-corrected chi connectivity index (χ1v) is 15.3. The summed E-state index contributed by atoms with van der Waals surface area (Å²) in [4.78, 5) is 10.3. The van der Waals surface area contributed by atoms with Crippen molar-refractivity contribution in [3.63, 3.8) is 0 Å². The van der Waals surface area contributed by atoms with Gasteiger partial charge < -0.3 is 0 Å². The Hall–Kier alpha value is -0.766. The van der Waals surface area contributed by atoms with Gasteiger partial charge in [0, 0.05) is 5.56 Å². The zero-order valence-electron chi connectivity index (χ0n) is 18.7. The molecule has 0 atom stereocenters. The van der Waals surface area contributed by atoms with Crippen LogP contribution in [-0.2, 0) is 10.9 Å². The van der Waals surface area contributed by atoms with Crippen LogP contribution in [-0.4, -0.2) is 17.0 Å². The summed E-state index contributed by atoms with van der Waals surface area (Å²) < 4.78 is 0. The van der Waals surface area contributed by atoms with Gasteiger partial charge in [0.05, 0.1) is 22.6 Å². The Morgan fingerprint density at radius 2 is 1.47 bits per heavy atom. The van der Waals surface area contributed by atoms with Gasteiger partial charge in [0.25, 0.3) is 0 Å². The van der Waals surface area contributed by atoms with E-state index in [2.05, 4.69) is 119 Å². The average Bonchev–Trinajstić information content (AvgIpc) is 3.06. The summed E-state index contributed by atoms with van der Waals surface area (Å²) in [5.41, 5.74) is 7.09. The third-order valence-electron chi connectivity index (χ3n) is 5.30. The van der Waals surface area contributed by atoms with Crippen LogP contribution in [0.15, 0.2) is 58.5 Å². The topological polar surface area (TPSA) is 24.7 Å². The molecule has 0 amide bonds. The van der Waals surface area contributed by atoms with Crippen molar-refractivity contribution >= 4 is 45.6 Å². The molecule has 30 heavy (non-hydrogen) atoms. The van der Waals surface area contributed by atoms with Crippen molar-refractivity contribution in [1.82, 2.24) is 0 Å².